The molecule has 0 bridgehead atoms. The number of sulfonamides is 1. The second kappa shape index (κ2) is 6.05. The summed E-state index contributed by atoms with van der Waals surface area (Å²) in [6.45, 7) is -2.95. The number of imidazole rings is 1. The van der Waals surface area contributed by atoms with Crippen LogP contribution in [-0.2, 0) is 24.1 Å². The van der Waals surface area contributed by atoms with Crippen LogP contribution in [0.1, 0.15) is 17.0 Å². The van der Waals surface area contributed by atoms with Gasteiger partial charge in [0, 0.05) is 20.3 Å². The van der Waals surface area contributed by atoms with E-state index in [2.05, 4.69) is 5.10 Å². The molecule has 1 N–H and O–H groups in total. The second-order valence-corrected chi connectivity index (χ2v) is 7.13. The molecule has 0 fully saturated rings. The molecule has 3 rings (SSSR count). The molecule has 9 nitrogen and oxygen atoms in total. The zero-order valence-electron chi connectivity index (χ0n) is 13.6. The zero-order chi connectivity index (χ0) is 19.2. The summed E-state index contributed by atoms with van der Waals surface area (Å²) in [5.74, 6) is -1.15. The van der Waals surface area contributed by atoms with Crippen molar-refractivity contribution in [3.8, 4) is 0 Å². The van der Waals surface area contributed by atoms with Crippen LogP contribution in [0.2, 0.25) is 0 Å². The Morgan fingerprint density at radius 1 is 1.15 bits per heavy atom. The molecule has 26 heavy (non-hydrogen) atoms. The Kier molecular flexibility index (Phi) is 4.14. The van der Waals surface area contributed by atoms with Crippen LogP contribution in [0.15, 0.2) is 40.2 Å². The van der Waals surface area contributed by atoms with Crippen molar-refractivity contribution in [2.24, 2.45) is 14.1 Å². The number of aryl methyl sites for hydroxylation is 2. The number of nitrogens with zero attached hydrogens (tertiary/aromatic N) is 4. The van der Waals surface area contributed by atoms with Crippen molar-refractivity contribution < 1.29 is 22.0 Å². The maximum atomic E-state index is 12.5. The highest BCUT2D eigenvalue weighted by molar-refractivity contribution is 7.90. The van der Waals surface area contributed by atoms with E-state index in [9.17, 15) is 26.8 Å². The van der Waals surface area contributed by atoms with Crippen LogP contribution in [0.5, 0.6) is 0 Å². The number of hydrogen-bond acceptors (Lipinski definition) is 5. The largest absolute Gasteiger partial charge is 0.333 e. The van der Waals surface area contributed by atoms with Gasteiger partial charge in [-0.25, -0.2) is 22.6 Å². The Hall–Kier alpha value is -3.02. The van der Waals surface area contributed by atoms with E-state index in [1.165, 1.54) is 34.4 Å². The van der Waals surface area contributed by atoms with E-state index in [0.29, 0.717) is 11.0 Å². The van der Waals surface area contributed by atoms with E-state index in [-0.39, 0.29) is 15.3 Å². The lowest BCUT2D eigenvalue weighted by Gasteiger charge is -2.06. The van der Waals surface area contributed by atoms with Crippen LogP contribution in [0.4, 0.5) is 8.78 Å². The van der Waals surface area contributed by atoms with E-state index in [1.807, 2.05) is 0 Å². The molecule has 0 aliphatic heterocycles. The molecular weight excluding hydrogens is 372 g/mol. The molecule has 1 aromatic carbocycles. The van der Waals surface area contributed by atoms with Gasteiger partial charge in [-0.1, -0.05) is 0 Å². The van der Waals surface area contributed by atoms with E-state index in [0.717, 1.165) is 12.3 Å². The van der Waals surface area contributed by atoms with Gasteiger partial charge in [-0.2, -0.15) is 13.9 Å². The predicted molar refractivity (Wildman–Crippen MR) is 86.3 cm³/mol. The fraction of sp³-hybridized carbons (Fsp3) is 0.214. The molecule has 0 aliphatic rings. The van der Waals surface area contributed by atoms with Gasteiger partial charge < -0.3 is 0 Å². The van der Waals surface area contributed by atoms with Gasteiger partial charge in [-0.05, 0) is 24.3 Å². The van der Waals surface area contributed by atoms with Gasteiger partial charge in [-0.3, -0.25) is 13.9 Å². The second-order valence-electron chi connectivity index (χ2n) is 5.44. The van der Waals surface area contributed by atoms with E-state index < -0.39 is 28.2 Å². The summed E-state index contributed by atoms with van der Waals surface area (Å²) in [4.78, 5) is 23.6. The van der Waals surface area contributed by atoms with Crippen LogP contribution in [0.25, 0.3) is 11.0 Å². The molecular formula is C14H13F2N5O4S. The van der Waals surface area contributed by atoms with Gasteiger partial charge in [0.25, 0.3) is 15.9 Å². The first-order chi connectivity index (χ1) is 12.1. The van der Waals surface area contributed by atoms with Crippen LogP contribution >= 0.6 is 0 Å². The van der Waals surface area contributed by atoms with Crippen LogP contribution in [0.3, 0.4) is 0 Å². The van der Waals surface area contributed by atoms with Crippen LogP contribution in [0, 0.1) is 0 Å². The first kappa shape index (κ1) is 17.8. The first-order valence-electron chi connectivity index (χ1n) is 7.18. The van der Waals surface area contributed by atoms with Crippen molar-refractivity contribution in [3.05, 3.63) is 46.6 Å². The summed E-state index contributed by atoms with van der Waals surface area (Å²) in [6, 6.07) is 4.88. The lowest BCUT2D eigenvalue weighted by Crippen LogP contribution is -2.31. The lowest BCUT2D eigenvalue weighted by molar-refractivity contribution is 0.0560. The summed E-state index contributed by atoms with van der Waals surface area (Å²) in [5, 5.41) is 3.31. The number of benzene rings is 1. The third-order valence-electron chi connectivity index (χ3n) is 3.82. The summed E-state index contributed by atoms with van der Waals surface area (Å²) in [5.41, 5.74) is 0.0615. The molecule has 138 valence electrons. The Balaban J connectivity index is 1.94. The maximum Gasteiger partial charge on any atom is 0.333 e. The van der Waals surface area contributed by atoms with Crippen molar-refractivity contribution in [2.75, 3.05) is 0 Å². The third kappa shape index (κ3) is 2.87. The van der Waals surface area contributed by atoms with Gasteiger partial charge in [0.2, 0.25) is 0 Å². The van der Waals surface area contributed by atoms with Gasteiger partial charge in [0.1, 0.15) is 0 Å². The topological polar surface area (TPSA) is 108 Å². The average molecular weight is 385 g/mol. The Bertz CT molecular complexity index is 1180. The number of carbonyl (C=O) groups is 1. The number of amides is 1. The highest BCUT2D eigenvalue weighted by atomic mass is 32.2. The minimum absolute atomic E-state index is 0.229. The fourth-order valence-corrected chi connectivity index (χ4v) is 3.44. The summed E-state index contributed by atoms with van der Waals surface area (Å²) in [7, 11) is -1.27. The van der Waals surface area contributed by atoms with Crippen molar-refractivity contribution in [3.63, 3.8) is 0 Å². The number of rotatable bonds is 4. The molecule has 1 amide bonds. The molecule has 12 heteroatoms. The lowest BCUT2D eigenvalue weighted by atomic mass is 10.3. The molecule has 2 heterocycles. The highest BCUT2D eigenvalue weighted by Crippen LogP contribution is 2.18. The highest BCUT2D eigenvalue weighted by Gasteiger charge is 2.22. The van der Waals surface area contributed by atoms with Gasteiger partial charge in [0.15, 0.2) is 5.69 Å². The van der Waals surface area contributed by atoms with E-state index in [1.54, 1.807) is 11.8 Å². The third-order valence-corrected chi connectivity index (χ3v) is 5.15. The Labute approximate surface area is 145 Å². The molecule has 0 aliphatic carbocycles. The predicted octanol–water partition coefficient (Wildman–Crippen LogP) is 0.587. The number of aromatic nitrogens is 4. The van der Waals surface area contributed by atoms with Gasteiger partial charge in [-0.15, -0.1) is 0 Å². The smallest absolute Gasteiger partial charge is 0.295 e. The normalized spacial score (nSPS) is 12.0. The molecule has 0 saturated heterocycles. The van der Waals surface area contributed by atoms with Crippen molar-refractivity contribution in [2.45, 2.75) is 11.4 Å². The zero-order valence-corrected chi connectivity index (χ0v) is 14.4. The minimum atomic E-state index is -4.29. The maximum absolute atomic E-state index is 12.5. The standard InChI is InChI=1S/C14H13F2N5O4S/c1-19-10-4-3-8(7-11(10)20(2)14(19)23)26(24,25)18-12(22)9-5-6-21(17-9)13(15)16/h3-7,13H,1-2H3,(H,18,22). The summed E-state index contributed by atoms with van der Waals surface area (Å²) < 4.78 is 54.4. The summed E-state index contributed by atoms with van der Waals surface area (Å²) in [6.07, 6.45) is 0.859. The average Bonchev–Trinajstić information content (AvgIpc) is 3.16. The van der Waals surface area contributed by atoms with Crippen molar-refractivity contribution in [1.82, 2.24) is 23.6 Å². The van der Waals surface area contributed by atoms with Gasteiger partial charge in [0.05, 0.1) is 15.9 Å². The summed E-state index contributed by atoms with van der Waals surface area (Å²) >= 11 is 0. The number of nitrogens with one attached hydrogen (secondary N) is 1. The minimum Gasteiger partial charge on any atom is -0.295 e. The number of halogens is 2. The molecule has 0 atom stereocenters. The van der Waals surface area contributed by atoms with Crippen molar-refractivity contribution >= 4 is 27.0 Å². The molecule has 0 saturated carbocycles. The number of fused-ring (bicyclic) bond motifs is 1. The van der Waals surface area contributed by atoms with E-state index >= 15 is 0 Å². The number of alkyl halides is 2. The van der Waals surface area contributed by atoms with Gasteiger partial charge >= 0.3 is 12.2 Å². The molecule has 2 aromatic heterocycles. The molecule has 0 spiro atoms. The molecule has 0 unspecified atom stereocenters. The van der Waals surface area contributed by atoms with Crippen molar-refractivity contribution in [1.29, 1.82) is 0 Å². The Morgan fingerprint density at radius 3 is 2.42 bits per heavy atom. The molecule has 0 radical (unpaired) electrons. The fourth-order valence-electron chi connectivity index (χ4n) is 2.45. The number of hydrogen-bond donors (Lipinski definition) is 1. The number of carbonyl (C=O) groups excluding carboxylic acids is 1. The Morgan fingerprint density at radius 2 is 1.81 bits per heavy atom. The molecule has 3 aromatic rings. The quantitative estimate of drug-likeness (QED) is 0.707. The first-order valence-corrected chi connectivity index (χ1v) is 8.66. The van der Waals surface area contributed by atoms with Crippen LogP contribution in [-0.4, -0.2) is 33.2 Å². The monoisotopic (exact) mass is 385 g/mol. The van der Waals surface area contributed by atoms with Crippen LogP contribution < -0.4 is 10.4 Å². The van der Waals surface area contributed by atoms with E-state index in [4.69, 9.17) is 0 Å². The SMILES string of the molecule is Cn1c(=O)n(C)c2cc(S(=O)(=O)NC(=O)c3ccn(C(F)F)n3)ccc21.